The maximum absolute atomic E-state index is 11.9. The van der Waals surface area contributed by atoms with E-state index in [0.29, 0.717) is 24.9 Å². The Hall–Kier alpha value is -1.23. The van der Waals surface area contributed by atoms with Gasteiger partial charge in [0.1, 0.15) is 6.10 Å². The Labute approximate surface area is 150 Å². The minimum atomic E-state index is 0.116. The van der Waals surface area contributed by atoms with E-state index < -0.39 is 0 Å². The summed E-state index contributed by atoms with van der Waals surface area (Å²) in [5.74, 6) is 2.85. The summed E-state index contributed by atoms with van der Waals surface area (Å²) in [7, 11) is 0. The van der Waals surface area contributed by atoms with E-state index in [0.717, 1.165) is 29.9 Å². The van der Waals surface area contributed by atoms with E-state index in [1.807, 2.05) is 23.9 Å². The Morgan fingerprint density at radius 2 is 2.17 bits per heavy atom. The molecule has 5 heteroatoms. The van der Waals surface area contributed by atoms with Gasteiger partial charge in [-0.25, -0.2) is 4.98 Å². The fraction of sp³-hybridized carbons (Fsp3) is 0.684. The highest BCUT2D eigenvalue weighted by Gasteiger charge is 2.15. The summed E-state index contributed by atoms with van der Waals surface area (Å²) in [4.78, 5) is 16.2. The number of carbonyl (C=O) groups is 1. The van der Waals surface area contributed by atoms with Crippen molar-refractivity contribution in [1.29, 1.82) is 0 Å². The van der Waals surface area contributed by atoms with E-state index in [1.54, 1.807) is 6.20 Å². The molecule has 24 heavy (non-hydrogen) atoms. The average molecular weight is 351 g/mol. The molecule has 0 bridgehead atoms. The summed E-state index contributed by atoms with van der Waals surface area (Å²) in [6, 6.07) is 3.88. The van der Waals surface area contributed by atoms with E-state index in [1.165, 1.54) is 32.1 Å². The minimum absolute atomic E-state index is 0.116. The quantitative estimate of drug-likeness (QED) is 0.638. The van der Waals surface area contributed by atoms with Crippen LogP contribution in [0.15, 0.2) is 18.3 Å². The van der Waals surface area contributed by atoms with Crippen LogP contribution in [-0.4, -0.2) is 28.5 Å². The molecule has 1 fully saturated rings. The highest BCUT2D eigenvalue weighted by molar-refractivity contribution is 7.99. The third-order valence-corrected chi connectivity index (χ3v) is 5.31. The van der Waals surface area contributed by atoms with Crippen LogP contribution in [0.4, 0.5) is 0 Å². The van der Waals surface area contributed by atoms with Gasteiger partial charge in [0, 0.05) is 31.0 Å². The Bertz CT molecular complexity index is 490. The number of hydrogen-bond donors (Lipinski definition) is 1. The van der Waals surface area contributed by atoms with Crippen LogP contribution < -0.4 is 10.1 Å². The lowest BCUT2D eigenvalue weighted by atomic mass is 9.98. The van der Waals surface area contributed by atoms with E-state index in [2.05, 4.69) is 17.2 Å². The summed E-state index contributed by atoms with van der Waals surface area (Å²) >= 11 is 1.86. The van der Waals surface area contributed by atoms with Crippen LogP contribution in [0.2, 0.25) is 0 Å². The van der Waals surface area contributed by atoms with Crippen molar-refractivity contribution < 1.29 is 9.53 Å². The molecular weight excluding hydrogens is 320 g/mol. The number of aromatic nitrogens is 1. The second-order valence-corrected chi connectivity index (χ2v) is 7.60. The number of amides is 1. The van der Waals surface area contributed by atoms with Gasteiger partial charge < -0.3 is 10.1 Å². The number of pyridine rings is 1. The Balaban J connectivity index is 1.68. The molecule has 0 radical (unpaired) electrons. The summed E-state index contributed by atoms with van der Waals surface area (Å²) in [6.07, 6.45) is 11.2. The largest absolute Gasteiger partial charge is 0.474 e. The first kappa shape index (κ1) is 19.1. The molecule has 1 N–H and O–H groups in total. The molecule has 1 aliphatic carbocycles. The van der Waals surface area contributed by atoms with Crippen LogP contribution in [0.25, 0.3) is 0 Å². The van der Waals surface area contributed by atoms with Crippen molar-refractivity contribution in [2.45, 2.75) is 70.9 Å². The zero-order chi connectivity index (χ0) is 17.0. The molecule has 1 amide bonds. The molecule has 0 aromatic carbocycles. The number of unbranched alkanes of at least 4 members (excludes halogenated alkanes) is 1. The number of nitrogens with zero attached hydrogens (tertiary/aromatic N) is 1. The topological polar surface area (TPSA) is 51.2 Å². The first-order valence-electron chi connectivity index (χ1n) is 9.24. The van der Waals surface area contributed by atoms with Gasteiger partial charge in [0.25, 0.3) is 0 Å². The fourth-order valence-corrected chi connectivity index (χ4v) is 3.81. The van der Waals surface area contributed by atoms with E-state index in [9.17, 15) is 4.79 Å². The number of hydrogen-bond acceptors (Lipinski definition) is 4. The van der Waals surface area contributed by atoms with Gasteiger partial charge in [-0.15, -0.1) is 0 Å². The first-order valence-corrected chi connectivity index (χ1v) is 10.4. The predicted molar refractivity (Wildman–Crippen MR) is 100 cm³/mol. The molecule has 4 nitrogen and oxygen atoms in total. The number of thioether (sulfide) groups is 1. The molecule has 0 atom stereocenters. The lowest BCUT2D eigenvalue weighted by Gasteiger charge is -2.22. The Kier molecular flexibility index (Phi) is 9.03. The third kappa shape index (κ3) is 7.56. The molecule has 0 saturated heterocycles. The van der Waals surface area contributed by atoms with E-state index in [-0.39, 0.29) is 5.91 Å². The van der Waals surface area contributed by atoms with Crippen molar-refractivity contribution in [3.8, 4) is 5.88 Å². The standard InChI is InChI=1S/C19H30N2O2S/c1-2-3-12-24-13-10-18(22)21-15-16-9-11-20-19(14-16)23-17-7-5-4-6-8-17/h9,11,14,17H,2-8,10,12-13,15H2,1H3,(H,21,22). The number of ether oxygens (including phenoxy) is 1. The van der Waals surface area contributed by atoms with Crippen LogP contribution in [0.1, 0.15) is 63.9 Å². The van der Waals surface area contributed by atoms with Gasteiger partial charge in [0.05, 0.1) is 0 Å². The lowest BCUT2D eigenvalue weighted by Crippen LogP contribution is -2.23. The zero-order valence-electron chi connectivity index (χ0n) is 14.8. The molecule has 0 unspecified atom stereocenters. The second-order valence-electron chi connectivity index (χ2n) is 6.37. The Morgan fingerprint density at radius 1 is 1.33 bits per heavy atom. The average Bonchev–Trinajstić information content (AvgIpc) is 2.61. The van der Waals surface area contributed by atoms with Crippen molar-refractivity contribution in [2.75, 3.05) is 11.5 Å². The molecule has 1 aliphatic rings. The molecular formula is C19H30N2O2S. The van der Waals surface area contributed by atoms with Gasteiger partial charge in [-0.2, -0.15) is 11.8 Å². The minimum Gasteiger partial charge on any atom is -0.474 e. The molecule has 1 aromatic rings. The van der Waals surface area contributed by atoms with Gasteiger partial charge in [-0.1, -0.05) is 19.8 Å². The summed E-state index contributed by atoms with van der Waals surface area (Å²) in [5, 5.41) is 2.99. The van der Waals surface area contributed by atoms with Crippen molar-refractivity contribution in [3.05, 3.63) is 23.9 Å². The first-order chi connectivity index (χ1) is 11.8. The third-order valence-electron chi connectivity index (χ3n) is 4.24. The zero-order valence-corrected chi connectivity index (χ0v) is 15.6. The van der Waals surface area contributed by atoms with Crippen LogP contribution in [0.5, 0.6) is 5.88 Å². The van der Waals surface area contributed by atoms with Gasteiger partial charge in [0.2, 0.25) is 11.8 Å². The molecule has 2 rings (SSSR count). The van der Waals surface area contributed by atoms with E-state index >= 15 is 0 Å². The molecule has 1 aromatic heterocycles. The monoisotopic (exact) mass is 350 g/mol. The van der Waals surface area contributed by atoms with Crippen LogP contribution >= 0.6 is 11.8 Å². The Morgan fingerprint density at radius 3 is 2.96 bits per heavy atom. The maximum Gasteiger partial charge on any atom is 0.221 e. The summed E-state index contributed by atoms with van der Waals surface area (Å²) in [6.45, 7) is 2.73. The van der Waals surface area contributed by atoms with Crippen molar-refractivity contribution in [2.24, 2.45) is 0 Å². The van der Waals surface area contributed by atoms with Gasteiger partial charge in [-0.3, -0.25) is 4.79 Å². The molecule has 0 aliphatic heterocycles. The SMILES string of the molecule is CCCCSCCC(=O)NCc1ccnc(OC2CCCCC2)c1. The predicted octanol–water partition coefficient (Wildman–Crippen LogP) is 4.33. The number of nitrogens with one attached hydrogen (secondary N) is 1. The number of carbonyl (C=O) groups excluding carboxylic acids is 1. The molecule has 1 saturated carbocycles. The van der Waals surface area contributed by atoms with Gasteiger partial charge in [0.15, 0.2) is 0 Å². The normalized spacial score (nSPS) is 15.2. The molecule has 1 heterocycles. The highest BCUT2D eigenvalue weighted by Crippen LogP contribution is 2.22. The smallest absolute Gasteiger partial charge is 0.221 e. The second kappa shape index (κ2) is 11.3. The van der Waals surface area contributed by atoms with E-state index in [4.69, 9.17) is 4.74 Å². The van der Waals surface area contributed by atoms with Crippen LogP contribution in [0, 0.1) is 0 Å². The molecule has 134 valence electrons. The van der Waals surface area contributed by atoms with Crippen molar-refractivity contribution in [3.63, 3.8) is 0 Å². The summed E-state index contributed by atoms with van der Waals surface area (Å²) in [5.41, 5.74) is 1.04. The lowest BCUT2D eigenvalue weighted by molar-refractivity contribution is -0.120. The fourth-order valence-electron chi connectivity index (χ4n) is 2.78. The highest BCUT2D eigenvalue weighted by atomic mass is 32.2. The van der Waals surface area contributed by atoms with Gasteiger partial charge in [-0.05, 0) is 49.5 Å². The summed E-state index contributed by atoms with van der Waals surface area (Å²) < 4.78 is 5.98. The number of rotatable bonds is 10. The van der Waals surface area contributed by atoms with Crippen molar-refractivity contribution >= 4 is 17.7 Å². The van der Waals surface area contributed by atoms with Crippen LogP contribution in [-0.2, 0) is 11.3 Å². The van der Waals surface area contributed by atoms with Gasteiger partial charge >= 0.3 is 0 Å². The molecule has 0 spiro atoms. The van der Waals surface area contributed by atoms with Crippen molar-refractivity contribution in [1.82, 2.24) is 10.3 Å². The van der Waals surface area contributed by atoms with Crippen LogP contribution in [0.3, 0.4) is 0 Å². The maximum atomic E-state index is 11.9.